The second-order valence-corrected chi connectivity index (χ2v) is 4.33. The monoisotopic (exact) mass is 288 g/mol. The van der Waals surface area contributed by atoms with E-state index < -0.39 is 5.91 Å². The van der Waals surface area contributed by atoms with E-state index in [2.05, 4.69) is 5.43 Å². The molecule has 6 N–H and O–H groups in total. The molecule has 0 unspecified atom stereocenters. The molecular formula is C14H16N4O3. The predicted molar refractivity (Wildman–Crippen MR) is 78.0 cm³/mol. The van der Waals surface area contributed by atoms with Gasteiger partial charge in [0.15, 0.2) is 0 Å². The molecular weight excluding hydrogens is 272 g/mol. The fourth-order valence-electron chi connectivity index (χ4n) is 1.92. The highest BCUT2D eigenvalue weighted by atomic mass is 16.5. The van der Waals surface area contributed by atoms with E-state index in [9.17, 15) is 9.59 Å². The highest BCUT2D eigenvalue weighted by molar-refractivity contribution is 6.01. The number of carbonyl (C=O) groups excluding carboxylic acids is 2. The molecule has 0 saturated heterocycles. The highest BCUT2D eigenvalue weighted by Gasteiger charge is 2.13. The molecule has 0 aliphatic rings. The van der Waals surface area contributed by atoms with Gasteiger partial charge in [-0.15, -0.1) is 0 Å². The number of fused-ring (bicyclic) bond motifs is 1. The van der Waals surface area contributed by atoms with Crippen LogP contribution in [-0.4, -0.2) is 18.4 Å². The summed E-state index contributed by atoms with van der Waals surface area (Å²) < 4.78 is 5.51. The van der Waals surface area contributed by atoms with Gasteiger partial charge >= 0.3 is 0 Å². The van der Waals surface area contributed by atoms with Gasteiger partial charge in [-0.1, -0.05) is 24.3 Å². The lowest BCUT2D eigenvalue weighted by Crippen LogP contribution is -2.31. The molecule has 0 aliphatic carbocycles. The summed E-state index contributed by atoms with van der Waals surface area (Å²) in [6, 6.07) is 11.0. The first kappa shape index (κ1) is 14.8. The van der Waals surface area contributed by atoms with Crippen molar-refractivity contribution in [2.45, 2.75) is 6.42 Å². The molecule has 2 aromatic rings. The van der Waals surface area contributed by atoms with E-state index in [4.69, 9.17) is 16.4 Å². The number of amides is 2. The van der Waals surface area contributed by atoms with Crippen molar-refractivity contribution < 1.29 is 14.3 Å². The van der Waals surface area contributed by atoms with Crippen molar-refractivity contribution in [2.24, 2.45) is 11.7 Å². The Kier molecular flexibility index (Phi) is 4.70. The number of hydrogen-bond acceptors (Lipinski definition) is 5. The van der Waals surface area contributed by atoms with E-state index in [1.54, 1.807) is 12.1 Å². The second kappa shape index (κ2) is 6.69. The van der Waals surface area contributed by atoms with E-state index in [0.29, 0.717) is 11.3 Å². The Morgan fingerprint density at radius 3 is 2.33 bits per heavy atom. The molecule has 0 radical (unpaired) electrons. The van der Waals surface area contributed by atoms with Gasteiger partial charge < -0.3 is 4.74 Å². The largest absolute Gasteiger partial charge is 0.492 e. The summed E-state index contributed by atoms with van der Waals surface area (Å²) in [5.74, 6) is 9.73. The van der Waals surface area contributed by atoms with E-state index >= 15 is 0 Å². The standard InChI is InChI=1S/C14H16N4O3/c15-17-13(19)5-6-21-12-8-10-4-2-1-3-9(10)7-11(12)14(20)18-16/h1-4,7-8H,5-6,15-16H2,(H,17,19)(H,18,20). The Morgan fingerprint density at radius 1 is 1.05 bits per heavy atom. The van der Waals surface area contributed by atoms with Gasteiger partial charge in [-0.25, -0.2) is 11.7 Å². The number of hydrazine groups is 2. The molecule has 0 aromatic heterocycles. The lowest BCUT2D eigenvalue weighted by molar-refractivity contribution is -0.121. The number of benzene rings is 2. The lowest BCUT2D eigenvalue weighted by Gasteiger charge is -2.12. The van der Waals surface area contributed by atoms with Crippen molar-refractivity contribution in [3.8, 4) is 5.75 Å². The number of ether oxygens (including phenoxy) is 1. The fraction of sp³-hybridized carbons (Fsp3) is 0.143. The Balaban J connectivity index is 2.30. The van der Waals surface area contributed by atoms with Gasteiger partial charge in [0, 0.05) is 0 Å². The predicted octanol–water partition coefficient (Wildman–Crippen LogP) is 0.202. The third-order valence-corrected chi connectivity index (χ3v) is 2.97. The summed E-state index contributed by atoms with van der Waals surface area (Å²) in [6.07, 6.45) is 0.0903. The van der Waals surface area contributed by atoms with Crippen molar-refractivity contribution in [1.82, 2.24) is 10.9 Å². The molecule has 110 valence electrons. The number of hydrogen-bond donors (Lipinski definition) is 4. The molecule has 0 fully saturated rings. The SMILES string of the molecule is NNC(=O)CCOc1cc2ccccc2cc1C(=O)NN. The average molecular weight is 288 g/mol. The van der Waals surface area contributed by atoms with Crippen LogP contribution in [0, 0.1) is 0 Å². The van der Waals surface area contributed by atoms with Gasteiger partial charge in [-0.3, -0.25) is 20.4 Å². The molecule has 7 nitrogen and oxygen atoms in total. The summed E-state index contributed by atoms with van der Waals surface area (Å²) in [6.45, 7) is 0.103. The molecule has 0 spiro atoms. The number of nitrogens with one attached hydrogen (secondary N) is 2. The quantitative estimate of drug-likeness (QED) is 0.356. The second-order valence-electron chi connectivity index (χ2n) is 4.33. The maximum atomic E-state index is 11.8. The maximum absolute atomic E-state index is 11.8. The van der Waals surface area contributed by atoms with Crippen LogP contribution < -0.4 is 27.3 Å². The van der Waals surface area contributed by atoms with E-state index in [-0.39, 0.29) is 18.9 Å². The van der Waals surface area contributed by atoms with Crippen LogP contribution in [0.1, 0.15) is 16.8 Å². The van der Waals surface area contributed by atoms with E-state index in [1.165, 1.54) is 0 Å². The molecule has 0 atom stereocenters. The van der Waals surface area contributed by atoms with Gasteiger partial charge in [0.1, 0.15) is 5.75 Å². The zero-order valence-electron chi connectivity index (χ0n) is 11.3. The molecule has 0 heterocycles. The number of carbonyl (C=O) groups is 2. The topological polar surface area (TPSA) is 119 Å². The van der Waals surface area contributed by atoms with E-state index in [1.807, 2.05) is 29.7 Å². The van der Waals surface area contributed by atoms with Crippen LogP contribution in [0.2, 0.25) is 0 Å². The first-order valence-corrected chi connectivity index (χ1v) is 6.31. The van der Waals surface area contributed by atoms with Crippen LogP contribution in [0.3, 0.4) is 0 Å². The zero-order valence-corrected chi connectivity index (χ0v) is 11.3. The third-order valence-electron chi connectivity index (χ3n) is 2.97. The van der Waals surface area contributed by atoms with Gasteiger partial charge in [0.05, 0.1) is 18.6 Å². The van der Waals surface area contributed by atoms with Gasteiger partial charge in [0.25, 0.3) is 5.91 Å². The molecule has 2 aromatic carbocycles. The summed E-state index contributed by atoms with van der Waals surface area (Å²) in [5.41, 5.74) is 4.40. The first-order valence-electron chi connectivity index (χ1n) is 6.31. The molecule has 0 aliphatic heterocycles. The summed E-state index contributed by atoms with van der Waals surface area (Å²) in [7, 11) is 0. The maximum Gasteiger partial charge on any atom is 0.268 e. The van der Waals surface area contributed by atoms with Crippen LogP contribution in [0.15, 0.2) is 36.4 Å². The number of rotatable bonds is 5. The van der Waals surface area contributed by atoms with Gasteiger partial charge in [-0.05, 0) is 22.9 Å². The van der Waals surface area contributed by atoms with Crippen LogP contribution in [0.5, 0.6) is 5.75 Å². The van der Waals surface area contributed by atoms with Crippen molar-refractivity contribution in [3.63, 3.8) is 0 Å². The van der Waals surface area contributed by atoms with Crippen LogP contribution in [0.25, 0.3) is 10.8 Å². The Labute approximate surface area is 121 Å². The number of nitrogen functional groups attached to an aromatic ring is 1. The minimum atomic E-state index is -0.459. The van der Waals surface area contributed by atoms with Crippen molar-refractivity contribution in [1.29, 1.82) is 0 Å². The van der Waals surface area contributed by atoms with Gasteiger partial charge in [-0.2, -0.15) is 0 Å². The highest BCUT2D eigenvalue weighted by Crippen LogP contribution is 2.26. The van der Waals surface area contributed by atoms with Crippen LogP contribution in [-0.2, 0) is 4.79 Å². The molecule has 2 amide bonds. The average Bonchev–Trinajstić information content (AvgIpc) is 2.53. The fourth-order valence-corrected chi connectivity index (χ4v) is 1.92. The van der Waals surface area contributed by atoms with Crippen molar-refractivity contribution in [3.05, 3.63) is 42.0 Å². The van der Waals surface area contributed by atoms with Crippen molar-refractivity contribution in [2.75, 3.05) is 6.61 Å². The van der Waals surface area contributed by atoms with E-state index in [0.717, 1.165) is 10.8 Å². The molecule has 2 rings (SSSR count). The summed E-state index contributed by atoms with van der Waals surface area (Å²) in [5, 5.41) is 1.81. The van der Waals surface area contributed by atoms with Crippen LogP contribution >= 0.6 is 0 Å². The molecule has 0 saturated carbocycles. The summed E-state index contributed by atoms with van der Waals surface area (Å²) >= 11 is 0. The first-order chi connectivity index (χ1) is 10.2. The van der Waals surface area contributed by atoms with Gasteiger partial charge in [0.2, 0.25) is 5.91 Å². The Hall–Kier alpha value is -2.64. The Bertz CT molecular complexity index is 672. The minimum Gasteiger partial charge on any atom is -0.492 e. The summed E-state index contributed by atoms with van der Waals surface area (Å²) in [4.78, 5) is 22.9. The lowest BCUT2D eigenvalue weighted by atomic mass is 10.1. The molecule has 0 bridgehead atoms. The third kappa shape index (κ3) is 3.47. The minimum absolute atomic E-state index is 0.0903. The van der Waals surface area contributed by atoms with Crippen molar-refractivity contribution >= 4 is 22.6 Å². The Morgan fingerprint density at radius 2 is 1.71 bits per heavy atom. The molecule has 21 heavy (non-hydrogen) atoms. The molecule has 7 heteroatoms. The smallest absolute Gasteiger partial charge is 0.268 e. The zero-order chi connectivity index (χ0) is 15.2. The number of nitrogens with two attached hydrogens (primary N) is 2. The normalized spacial score (nSPS) is 10.2. The van der Waals surface area contributed by atoms with Crippen LogP contribution in [0.4, 0.5) is 0 Å².